The fourth-order valence-corrected chi connectivity index (χ4v) is 2.96. The van der Waals surface area contributed by atoms with E-state index < -0.39 is 0 Å². The largest absolute Gasteiger partial charge is 0.495 e. The van der Waals surface area contributed by atoms with Crippen LogP contribution in [0.15, 0.2) is 18.2 Å². The molecule has 0 aliphatic rings. The number of methoxy groups -OCH3 is 1. The summed E-state index contributed by atoms with van der Waals surface area (Å²) in [5.74, 6) is 0.664. The van der Waals surface area contributed by atoms with Crippen molar-refractivity contribution < 1.29 is 14.3 Å². The fourth-order valence-electron chi connectivity index (χ4n) is 2.96. The van der Waals surface area contributed by atoms with Crippen molar-refractivity contribution in [3.63, 3.8) is 0 Å². The van der Waals surface area contributed by atoms with Crippen molar-refractivity contribution >= 4 is 23.2 Å². The van der Waals surface area contributed by atoms with Crippen molar-refractivity contribution in [3.05, 3.63) is 35.2 Å². The van der Waals surface area contributed by atoms with Gasteiger partial charge in [0.2, 0.25) is 11.8 Å². The Morgan fingerprint density at radius 2 is 1.93 bits per heavy atom. The summed E-state index contributed by atoms with van der Waals surface area (Å²) in [4.78, 5) is 23.9. The van der Waals surface area contributed by atoms with Gasteiger partial charge in [0.1, 0.15) is 5.75 Å². The van der Waals surface area contributed by atoms with E-state index in [0.29, 0.717) is 23.0 Å². The second kappa shape index (κ2) is 8.70. The molecule has 0 radical (unpaired) electrons. The highest BCUT2D eigenvalue weighted by atomic mass is 16.5. The molecule has 0 unspecified atom stereocenters. The molecule has 146 valence electrons. The number of anilines is 2. The first-order valence-corrected chi connectivity index (χ1v) is 8.99. The van der Waals surface area contributed by atoms with Gasteiger partial charge in [0.25, 0.3) is 0 Å². The van der Waals surface area contributed by atoms with Gasteiger partial charge in [0, 0.05) is 30.4 Å². The molecule has 2 aromatic rings. The summed E-state index contributed by atoms with van der Waals surface area (Å²) < 4.78 is 7.27. The minimum absolute atomic E-state index is 0.163. The molecule has 0 saturated carbocycles. The lowest BCUT2D eigenvalue weighted by molar-refractivity contribution is -0.116. The minimum Gasteiger partial charge on any atom is -0.495 e. The van der Waals surface area contributed by atoms with Crippen molar-refractivity contribution in [1.82, 2.24) is 9.78 Å². The van der Waals surface area contributed by atoms with Gasteiger partial charge < -0.3 is 15.4 Å². The maximum absolute atomic E-state index is 12.6. The van der Waals surface area contributed by atoms with Gasteiger partial charge in [-0.25, -0.2) is 0 Å². The topological polar surface area (TPSA) is 85.2 Å². The minimum atomic E-state index is -0.179. The first kappa shape index (κ1) is 20.5. The van der Waals surface area contributed by atoms with Crippen molar-refractivity contribution in [2.45, 2.75) is 47.6 Å². The lowest BCUT2D eigenvalue weighted by Gasteiger charge is -2.13. The zero-order chi connectivity index (χ0) is 20.1. The molecule has 0 spiro atoms. The summed E-state index contributed by atoms with van der Waals surface area (Å²) in [7, 11) is 1.54. The normalized spacial score (nSPS) is 10.8. The summed E-state index contributed by atoms with van der Waals surface area (Å²) in [6, 6.07) is 5.11. The first-order valence-electron chi connectivity index (χ1n) is 8.99. The second-order valence-corrected chi connectivity index (χ2v) is 7.05. The number of hydrogen-bond acceptors (Lipinski definition) is 4. The fraction of sp³-hybridized carbons (Fsp3) is 0.450. The Morgan fingerprint density at radius 3 is 2.52 bits per heavy atom. The third kappa shape index (κ3) is 5.32. The molecule has 0 aliphatic heterocycles. The Bertz CT molecular complexity index is 840. The molecule has 1 aromatic heterocycles. The Morgan fingerprint density at radius 1 is 1.22 bits per heavy atom. The Balaban J connectivity index is 2.18. The van der Waals surface area contributed by atoms with Gasteiger partial charge in [-0.15, -0.1) is 0 Å². The molecule has 7 nitrogen and oxygen atoms in total. The average Bonchev–Trinajstić information content (AvgIpc) is 2.81. The lowest BCUT2D eigenvalue weighted by Crippen LogP contribution is -2.16. The first-order chi connectivity index (χ1) is 12.7. The number of hydrogen-bond donors (Lipinski definition) is 2. The van der Waals surface area contributed by atoms with E-state index in [1.54, 1.807) is 18.2 Å². The maximum Gasteiger partial charge on any atom is 0.229 e. The van der Waals surface area contributed by atoms with E-state index in [0.717, 1.165) is 23.5 Å². The molecule has 0 aliphatic carbocycles. The summed E-state index contributed by atoms with van der Waals surface area (Å²) in [6.45, 7) is 10.4. The van der Waals surface area contributed by atoms with Crippen LogP contribution in [-0.2, 0) is 22.6 Å². The van der Waals surface area contributed by atoms with E-state index in [1.165, 1.54) is 14.0 Å². The molecular weight excluding hydrogens is 344 g/mol. The SMILES string of the molecule is COc1ccc(NC(C)=O)cc1NC(=O)Cc1c(C)nn(CC(C)C)c1C. The van der Waals surface area contributed by atoms with Crippen LogP contribution in [0.2, 0.25) is 0 Å². The van der Waals surface area contributed by atoms with Gasteiger partial charge in [-0.2, -0.15) is 5.10 Å². The molecule has 0 fully saturated rings. The molecule has 27 heavy (non-hydrogen) atoms. The molecule has 0 saturated heterocycles. The van der Waals surface area contributed by atoms with Crippen LogP contribution in [0.25, 0.3) is 0 Å². The number of carbonyl (C=O) groups is 2. The molecule has 2 rings (SSSR count). The molecule has 0 bridgehead atoms. The molecule has 2 amide bonds. The van der Waals surface area contributed by atoms with E-state index in [2.05, 4.69) is 29.6 Å². The highest BCUT2D eigenvalue weighted by molar-refractivity contribution is 5.96. The van der Waals surface area contributed by atoms with Crippen LogP contribution < -0.4 is 15.4 Å². The van der Waals surface area contributed by atoms with Crippen LogP contribution in [0.1, 0.15) is 37.7 Å². The van der Waals surface area contributed by atoms with Crippen LogP contribution in [-0.4, -0.2) is 28.7 Å². The van der Waals surface area contributed by atoms with Gasteiger partial charge in [-0.3, -0.25) is 14.3 Å². The van der Waals surface area contributed by atoms with Crippen LogP contribution in [0.3, 0.4) is 0 Å². The number of amides is 2. The summed E-state index contributed by atoms with van der Waals surface area (Å²) in [5, 5.41) is 10.1. The van der Waals surface area contributed by atoms with Crippen molar-refractivity contribution in [2.24, 2.45) is 5.92 Å². The molecule has 1 aromatic carbocycles. The molecular formula is C20H28N4O3. The van der Waals surface area contributed by atoms with E-state index >= 15 is 0 Å². The second-order valence-electron chi connectivity index (χ2n) is 7.05. The van der Waals surface area contributed by atoms with Gasteiger partial charge in [-0.05, 0) is 38.0 Å². The van der Waals surface area contributed by atoms with E-state index in [9.17, 15) is 9.59 Å². The molecule has 7 heteroatoms. The van der Waals surface area contributed by atoms with Gasteiger partial charge in [0.15, 0.2) is 0 Å². The van der Waals surface area contributed by atoms with Crippen LogP contribution in [0.4, 0.5) is 11.4 Å². The lowest BCUT2D eigenvalue weighted by atomic mass is 10.1. The van der Waals surface area contributed by atoms with E-state index in [-0.39, 0.29) is 18.2 Å². The number of ether oxygens (including phenoxy) is 1. The number of aromatic nitrogens is 2. The standard InChI is InChI=1S/C20H28N4O3/c1-12(2)11-24-14(4)17(13(3)23-24)10-20(26)22-18-9-16(21-15(5)25)7-8-19(18)27-6/h7-9,12H,10-11H2,1-6H3,(H,21,25)(H,22,26). The van der Waals surface area contributed by atoms with E-state index in [4.69, 9.17) is 4.74 Å². The quantitative estimate of drug-likeness (QED) is 0.781. The third-order valence-electron chi connectivity index (χ3n) is 4.20. The predicted octanol–water partition coefficient (Wildman–Crippen LogP) is 3.30. The summed E-state index contributed by atoms with van der Waals surface area (Å²) >= 11 is 0. The van der Waals surface area contributed by atoms with E-state index in [1.807, 2.05) is 18.5 Å². The monoisotopic (exact) mass is 372 g/mol. The van der Waals surface area contributed by atoms with Crippen molar-refractivity contribution in [3.8, 4) is 5.75 Å². The number of rotatable bonds is 7. The van der Waals surface area contributed by atoms with Crippen molar-refractivity contribution in [2.75, 3.05) is 17.7 Å². The molecule has 2 N–H and O–H groups in total. The zero-order valence-corrected chi connectivity index (χ0v) is 16.8. The Hall–Kier alpha value is -2.83. The Kier molecular flexibility index (Phi) is 6.60. The number of nitrogens with zero attached hydrogens (tertiary/aromatic N) is 2. The maximum atomic E-state index is 12.6. The van der Waals surface area contributed by atoms with Crippen molar-refractivity contribution in [1.29, 1.82) is 0 Å². The van der Waals surface area contributed by atoms with Crippen LogP contribution >= 0.6 is 0 Å². The highest BCUT2D eigenvalue weighted by Gasteiger charge is 2.17. The van der Waals surface area contributed by atoms with Crippen LogP contribution in [0.5, 0.6) is 5.75 Å². The van der Waals surface area contributed by atoms with Gasteiger partial charge in [0.05, 0.1) is 24.9 Å². The summed E-state index contributed by atoms with van der Waals surface area (Å²) in [5.41, 5.74) is 3.91. The smallest absolute Gasteiger partial charge is 0.229 e. The third-order valence-corrected chi connectivity index (χ3v) is 4.20. The average molecular weight is 372 g/mol. The van der Waals surface area contributed by atoms with Crippen LogP contribution in [0, 0.1) is 19.8 Å². The molecule has 1 heterocycles. The highest BCUT2D eigenvalue weighted by Crippen LogP contribution is 2.28. The number of carbonyl (C=O) groups excluding carboxylic acids is 2. The zero-order valence-electron chi connectivity index (χ0n) is 16.8. The van der Waals surface area contributed by atoms with Gasteiger partial charge >= 0.3 is 0 Å². The Labute approximate surface area is 160 Å². The summed E-state index contributed by atoms with van der Waals surface area (Å²) in [6.07, 6.45) is 0.225. The number of nitrogens with one attached hydrogen (secondary N) is 2. The van der Waals surface area contributed by atoms with Gasteiger partial charge in [-0.1, -0.05) is 13.8 Å². The number of aryl methyl sites for hydroxylation is 1. The number of benzene rings is 1. The molecule has 0 atom stereocenters. The predicted molar refractivity (Wildman–Crippen MR) is 106 cm³/mol.